The number of hydrogen-bond acceptors (Lipinski definition) is 5. The van der Waals surface area contributed by atoms with Crippen molar-refractivity contribution in [2.75, 3.05) is 13.1 Å². The second kappa shape index (κ2) is 6.08. The van der Waals surface area contributed by atoms with Crippen molar-refractivity contribution >= 4 is 17.9 Å². The minimum Gasteiger partial charge on any atom is -0.444 e. The molecular weight excluding hydrogens is 266 g/mol. The van der Waals surface area contributed by atoms with E-state index in [0.29, 0.717) is 0 Å². The molecule has 0 aliphatic carbocycles. The Hall–Kier alpha value is -1.83. The van der Waals surface area contributed by atoms with Crippen LogP contribution >= 0.6 is 0 Å². The number of likely N-dealkylation sites (tertiary alicyclic amines) is 1. The zero-order chi connectivity index (χ0) is 15.5. The van der Waals surface area contributed by atoms with E-state index in [1.165, 1.54) is 4.90 Å². The molecule has 4 N–H and O–H groups in total. The van der Waals surface area contributed by atoms with E-state index >= 15 is 0 Å². The molecular formula is C12H21N3O5. The largest absolute Gasteiger partial charge is 0.444 e. The van der Waals surface area contributed by atoms with Crippen molar-refractivity contribution in [1.82, 2.24) is 10.2 Å². The summed E-state index contributed by atoms with van der Waals surface area (Å²) in [6.07, 6.45) is -1.38. The first-order valence-corrected chi connectivity index (χ1v) is 6.34. The van der Waals surface area contributed by atoms with Crippen molar-refractivity contribution in [1.29, 1.82) is 0 Å². The predicted octanol–water partition coefficient (Wildman–Crippen LogP) is -1.04. The molecule has 3 amide bonds. The summed E-state index contributed by atoms with van der Waals surface area (Å²) in [6, 6.07) is -0.835. The van der Waals surface area contributed by atoms with Gasteiger partial charge in [-0.15, -0.1) is 0 Å². The molecule has 1 saturated heterocycles. The van der Waals surface area contributed by atoms with Gasteiger partial charge >= 0.3 is 6.09 Å². The molecule has 114 valence electrons. The molecule has 2 unspecified atom stereocenters. The maximum atomic E-state index is 11.9. The van der Waals surface area contributed by atoms with E-state index in [4.69, 9.17) is 10.5 Å². The van der Waals surface area contributed by atoms with Gasteiger partial charge in [-0.2, -0.15) is 0 Å². The topological polar surface area (TPSA) is 122 Å². The van der Waals surface area contributed by atoms with Crippen LogP contribution in [0.1, 0.15) is 27.2 Å². The Balaban J connectivity index is 2.50. The van der Waals surface area contributed by atoms with E-state index in [1.807, 2.05) is 0 Å². The van der Waals surface area contributed by atoms with E-state index in [2.05, 4.69) is 5.32 Å². The Bertz CT molecular complexity index is 404. The molecule has 0 aromatic heterocycles. The van der Waals surface area contributed by atoms with Crippen molar-refractivity contribution < 1.29 is 24.2 Å². The fraction of sp³-hybridized carbons (Fsp3) is 0.750. The van der Waals surface area contributed by atoms with Crippen LogP contribution in [-0.4, -0.2) is 58.8 Å². The monoisotopic (exact) mass is 287 g/mol. The third-order valence-electron chi connectivity index (χ3n) is 2.71. The highest BCUT2D eigenvalue weighted by molar-refractivity contribution is 5.89. The van der Waals surface area contributed by atoms with E-state index in [0.717, 1.165) is 0 Å². The summed E-state index contributed by atoms with van der Waals surface area (Å²) in [6.45, 7) is 4.82. The van der Waals surface area contributed by atoms with Crippen LogP contribution in [-0.2, 0) is 14.3 Å². The van der Waals surface area contributed by atoms with Gasteiger partial charge in [-0.3, -0.25) is 9.59 Å². The van der Waals surface area contributed by atoms with E-state index < -0.39 is 35.7 Å². The first-order valence-electron chi connectivity index (χ1n) is 6.34. The zero-order valence-electron chi connectivity index (χ0n) is 11.9. The molecule has 8 nitrogen and oxygen atoms in total. The van der Waals surface area contributed by atoms with E-state index in [1.54, 1.807) is 20.8 Å². The Morgan fingerprint density at radius 3 is 2.50 bits per heavy atom. The quantitative estimate of drug-likeness (QED) is 0.612. The van der Waals surface area contributed by atoms with Crippen molar-refractivity contribution in [3.05, 3.63) is 0 Å². The van der Waals surface area contributed by atoms with Crippen molar-refractivity contribution in [2.45, 2.75) is 44.9 Å². The van der Waals surface area contributed by atoms with Crippen LogP contribution in [0.5, 0.6) is 0 Å². The van der Waals surface area contributed by atoms with Gasteiger partial charge in [-0.1, -0.05) is 0 Å². The van der Waals surface area contributed by atoms with Crippen LogP contribution in [0.2, 0.25) is 0 Å². The number of nitrogens with two attached hydrogens (primary N) is 1. The smallest absolute Gasteiger partial charge is 0.408 e. The van der Waals surface area contributed by atoms with Crippen LogP contribution < -0.4 is 11.1 Å². The molecule has 2 atom stereocenters. The lowest BCUT2D eigenvalue weighted by Crippen LogP contribution is -2.48. The highest BCUT2D eigenvalue weighted by Gasteiger charge is 2.37. The molecule has 0 aromatic rings. The Kier molecular flexibility index (Phi) is 4.93. The molecule has 1 fully saturated rings. The molecule has 8 heteroatoms. The molecule has 0 spiro atoms. The highest BCUT2D eigenvalue weighted by atomic mass is 16.6. The molecule has 1 rings (SSSR count). The summed E-state index contributed by atoms with van der Waals surface area (Å²) < 4.78 is 4.98. The SMILES string of the molecule is CC(C)(C)OC(=O)NCC(=O)N1CC(O)CC1C(N)=O. The lowest BCUT2D eigenvalue weighted by molar-refractivity contribution is -0.136. The molecule has 1 aliphatic heterocycles. The number of aliphatic hydroxyl groups is 1. The number of ether oxygens (including phenoxy) is 1. The van der Waals surface area contributed by atoms with Crippen LogP contribution in [0.15, 0.2) is 0 Å². The van der Waals surface area contributed by atoms with Crippen LogP contribution in [0.4, 0.5) is 4.79 Å². The van der Waals surface area contributed by atoms with Crippen molar-refractivity contribution in [3.8, 4) is 0 Å². The summed E-state index contributed by atoms with van der Waals surface area (Å²) in [7, 11) is 0. The van der Waals surface area contributed by atoms with Gasteiger partial charge in [0, 0.05) is 13.0 Å². The van der Waals surface area contributed by atoms with Gasteiger partial charge in [-0.25, -0.2) is 4.79 Å². The van der Waals surface area contributed by atoms with Crippen LogP contribution in [0.25, 0.3) is 0 Å². The van der Waals surface area contributed by atoms with Crippen molar-refractivity contribution in [2.24, 2.45) is 5.73 Å². The number of carbonyl (C=O) groups excluding carboxylic acids is 3. The third kappa shape index (κ3) is 4.69. The van der Waals surface area contributed by atoms with Gasteiger partial charge in [0.2, 0.25) is 11.8 Å². The minimum absolute atomic E-state index is 0.0302. The first kappa shape index (κ1) is 16.2. The summed E-state index contributed by atoms with van der Waals surface area (Å²) in [5.74, 6) is -1.16. The summed E-state index contributed by atoms with van der Waals surface area (Å²) in [5, 5.41) is 11.8. The fourth-order valence-corrected chi connectivity index (χ4v) is 1.92. The third-order valence-corrected chi connectivity index (χ3v) is 2.71. The number of nitrogens with zero attached hydrogens (tertiary/aromatic N) is 1. The van der Waals surface area contributed by atoms with Gasteiger partial charge in [0.15, 0.2) is 0 Å². The summed E-state index contributed by atoms with van der Waals surface area (Å²) in [4.78, 5) is 35.7. The predicted molar refractivity (Wildman–Crippen MR) is 69.6 cm³/mol. The van der Waals surface area contributed by atoms with E-state index in [9.17, 15) is 19.5 Å². The number of amides is 3. The normalized spacial score (nSPS) is 22.5. The number of aliphatic hydroxyl groups excluding tert-OH is 1. The molecule has 20 heavy (non-hydrogen) atoms. The molecule has 1 aliphatic rings. The Morgan fingerprint density at radius 1 is 1.40 bits per heavy atom. The number of nitrogens with one attached hydrogen (secondary N) is 1. The number of hydrogen-bond donors (Lipinski definition) is 3. The van der Waals surface area contributed by atoms with Gasteiger partial charge in [0.1, 0.15) is 18.2 Å². The van der Waals surface area contributed by atoms with Crippen LogP contribution in [0.3, 0.4) is 0 Å². The number of β-amino-alcohol motifs (C(OH)–C–C–N with tert-alkyl or cyclic N) is 1. The first-order chi connectivity index (χ1) is 9.10. The Morgan fingerprint density at radius 2 is 2.00 bits per heavy atom. The lowest BCUT2D eigenvalue weighted by Gasteiger charge is -2.23. The molecule has 0 bridgehead atoms. The second-order valence-corrected chi connectivity index (χ2v) is 5.71. The number of rotatable bonds is 3. The zero-order valence-corrected chi connectivity index (χ0v) is 11.9. The highest BCUT2D eigenvalue weighted by Crippen LogP contribution is 2.17. The lowest BCUT2D eigenvalue weighted by atomic mass is 10.2. The molecule has 0 radical (unpaired) electrons. The average Bonchev–Trinajstić information content (AvgIpc) is 2.66. The molecule has 0 aromatic carbocycles. The second-order valence-electron chi connectivity index (χ2n) is 5.71. The summed E-state index contributed by atoms with van der Waals surface area (Å²) >= 11 is 0. The van der Waals surface area contributed by atoms with Crippen molar-refractivity contribution in [3.63, 3.8) is 0 Å². The molecule has 1 heterocycles. The number of carbonyl (C=O) groups is 3. The molecule has 0 saturated carbocycles. The summed E-state index contributed by atoms with van der Waals surface area (Å²) in [5.41, 5.74) is 4.51. The van der Waals surface area contributed by atoms with Gasteiger partial charge < -0.3 is 25.8 Å². The average molecular weight is 287 g/mol. The van der Waals surface area contributed by atoms with Gasteiger partial charge in [0.25, 0.3) is 0 Å². The standard InChI is InChI=1S/C12H21N3O5/c1-12(2,3)20-11(19)14-5-9(17)15-6-7(16)4-8(15)10(13)18/h7-8,16H,4-6H2,1-3H3,(H2,13,18)(H,14,19). The maximum Gasteiger partial charge on any atom is 0.408 e. The maximum absolute atomic E-state index is 11.9. The van der Waals surface area contributed by atoms with Gasteiger partial charge in [-0.05, 0) is 20.8 Å². The minimum atomic E-state index is -0.835. The number of primary amides is 1. The number of alkyl carbamates (subject to hydrolysis) is 1. The Labute approximate surface area is 117 Å². The fourth-order valence-electron chi connectivity index (χ4n) is 1.92. The van der Waals surface area contributed by atoms with E-state index in [-0.39, 0.29) is 19.5 Å². The van der Waals surface area contributed by atoms with Crippen LogP contribution in [0, 0.1) is 0 Å². The van der Waals surface area contributed by atoms with Gasteiger partial charge in [0.05, 0.1) is 6.10 Å².